The van der Waals surface area contributed by atoms with E-state index in [0.717, 1.165) is 0 Å². The summed E-state index contributed by atoms with van der Waals surface area (Å²) >= 11 is 0. The number of halogens is 1. The number of aliphatic hydroxyl groups excluding tert-OH is 1. The Bertz CT molecular complexity index is 1480. The lowest BCUT2D eigenvalue weighted by molar-refractivity contribution is -0.151. The molecule has 0 saturated carbocycles. The van der Waals surface area contributed by atoms with Gasteiger partial charge in [0.1, 0.15) is 36.1 Å². The van der Waals surface area contributed by atoms with Crippen molar-refractivity contribution in [3.8, 4) is 5.75 Å². The van der Waals surface area contributed by atoms with Gasteiger partial charge in [-0.1, -0.05) is 25.1 Å². The molecule has 0 spiro atoms. The number of aromatic nitrogens is 3. The zero-order valence-corrected chi connectivity index (χ0v) is 24.3. The Balaban J connectivity index is 1.63. The van der Waals surface area contributed by atoms with Crippen LogP contribution in [-0.4, -0.2) is 73.6 Å². The van der Waals surface area contributed by atoms with Gasteiger partial charge >= 0.3 is 13.6 Å². The molecule has 7 atom stereocenters. The molecule has 0 aliphatic carbocycles. The number of hydrogen-bond acceptors (Lipinski definition) is 10. The molecule has 1 fully saturated rings. The quantitative estimate of drug-likeness (QED) is 0.222. The van der Waals surface area contributed by atoms with Gasteiger partial charge in [-0.3, -0.25) is 14.1 Å². The predicted molar refractivity (Wildman–Crippen MR) is 146 cm³/mol. The van der Waals surface area contributed by atoms with Gasteiger partial charge in [-0.05, 0) is 45.9 Å². The van der Waals surface area contributed by atoms with Crippen molar-refractivity contribution in [3.05, 3.63) is 58.8 Å². The molecular formula is C27H35FN3O9P. The number of rotatable bonds is 11. The fraction of sp³-hybridized carbons (Fsp3) is 0.519. The van der Waals surface area contributed by atoms with E-state index < -0.39 is 68.0 Å². The number of nitrogens with one attached hydrogen (secondary N) is 1. The first-order chi connectivity index (χ1) is 19.3. The Morgan fingerprint density at radius 1 is 1.24 bits per heavy atom. The minimum atomic E-state index is -4.14. The van der Waals surface area contributed by atoms with E-state index in [0.29, 0.717) is 0 Å². The molecule has 1 saturated heterocycles. The van der Waals surface area contributed by atoms with Crippen LogP contribution in [0.3, 0.4) is 0 Å². The number of fused-ring (bicyclic) bond motifs is 1. The minimum absolute atomic E-state index is 0.111. The van der Waals surface area contributed by atoms with E-state index in [1.54, 1.807) is 51.1 Å². The Labute approximate surface area is 235 Å². The number of H-pyrrole nitrogens is 1. The van der Waals surface area contributed by atoms with E-state index in [1.807, 2.05) is 0 Å². The first-order valence-corrected chi connectivity index (χ1v) is 14.9. The van der Waals surface area contributed by atoms with E-state index in [4.69, 9.17) is 18.5 Å². The van der Waals surface area contributed by atoms with Crippen molar-refractivity contribution in [2.45, 2.75) is 70.9 Å². The van der Waals surface area contributed by atoms with Gasteiger partial charge in [-0.25, -0.2) is 13.9 Å². The average molecular weight is 596 g/mol. The van der Waals surface area contributed by atoms with E-state index in [1.165, 1.54) is 30.7 Å². The Morgan fingerprint density at radius 2 is 1.93 bits per heavy atom. The van der Waals surface area contributed by atoms with Crippen molar-refractivity contribution < 1.29 is 42.5 Å². The Morgan fingerprint density at radius 3 is 2.56 bits per heavy atom. The maximum Gasteiger partial charge on any atom is 0.380 e. The topological polar surface area (TPSA) is 162 Å². The molecule has 3 heterocycles. The number of esters is 1. The lowest BCUT2D eigenvalue weighted by Crippen LogP contribution is -2.50. The molecule has 1 aromatic carbocycles. The average Bonchev–Trinajstić information content (AvgIpc) is 3.42. The third-order valence-electron chi connectivity index (χ3n) is 6.73. The molecule has 14 heteroatoms. The molecule has 1 unspecified atom stereocenters. The fourth-order valence-corrected chi connectivity index (χ4v) is 6.84. The van der Waals surface area contributed by atoms with Gasteiger partial charge in [0.05, 0.1) is 29.7 Å². The number of aliphatic hydroxyl groups is 2. The summed E-state index contributed by atoms with van der Waals surface area (Å²) in [7, 11) is -4.14. The molecule has 4 rings (SSSR count). The third kappa shape index (κ3) is 6.39. The number of nitrogens with zero attached hydrogens (tertiary/aromatic N) is 2. The minimum Gasteiger partial charge on any atom is -0.463 e. The second-order valence-corrected chi connectivity index (χ2v) is 12.5. The molecule has 224 valence electrons. The van der Waals surface area contributed by atoms with Gasteiger partial charge < -0.3 is 33.8 Å². The van der Waals surface area contributed by atoms with Crippen LogP contribution < -0.4 is 10.1 Å². The molecule has 0 radical (unpaired) electrons. The van der Waals surface area contributed by atoms with E-state index in [-0.39, 0.29) is 28.8 Å². The Hall–Kier alpha value is -3.09. The van der Waals surface area contributed by atoms with Crippen molar-refractivity contribution in [1.82, 2.24) is 14.5 Å². The van der Waals surface area contributed by atoms with Crippen LogP contribution in [0.1, 0.15) is 39.7 Å². The highest BCUT2D eigenvalue weighted by Gasteiger charge is 2.59. The standard InChI is InChI=1S/C27H35FN3O9P/c1-15(2)37-25(34)16(3)13-41(36,40-19-9-7-6-8-10-19)39-17(4)21-22(32)27(35,14-28)26(38-21)31-12-11-20-23(31)29-18(5)30-24(20)33/h6-12,15-17,21-22,26,32,35H,13-14H2,1-5H3,(H,29,30,33)/t16-,17-,21-,22+,26-,27?,41-/m1/s1. The van der Waals surface area contributed by atoms with Crippen molar-refractivity contribution in [2.24, 2.45) is 5.92 Å². The molecule has 2 aromatic heterocycles. The first kappa shape index (κ1) is 30.9. The van der Waals surface area contributed by atoms with Crippen molar-refractivity contribution >= 4 is 24.6 Å². The monoisotopic (exact) mass is 595 g/mol. The van der Waals surface area contributed by atoms with E-state index in [9.17, 15) is 28.8 Å². The lowest BCUT2D eigenvalue weighted by atomic mass is 9.93. The van der Waals surface area contributed by atoms with E-state index >= 15 is 0 Å². The van der Waals surface area contributed by atoms with Gasteiger partial charge in [-0.15, -0.1) is 0 Å². The molecule has 41 heavy (non-hydrogen) atoms. The number of aromatic amines is 1. The van der Waals surface area contributed by atoms with Gasteiger partial charge in [0.15, 0.2) is 11.8 Å². The summed E-state index contributed by atoms with van der Waals surface area (Å²) in [5, 5.41) is 22.5. The smallest absolute Gasteiger partial charge is 0.380 e. The highest BCUT2D eigenvalue weighted by atomic mass is 31.2. The van der Waals surface area contributed by atoms with Gasteiger partial charge in [0.2, 0.25) is 0 Å². The second-order valence-electron chi connectivity index (χ2n) is 10.5. The van der Waals surface area contributed by atoms with Crippen LogP contribution in [0.4, 0.5) is 4.39 Å². The number of alkyl halides is 1. The van der Waals surface area contributed by atoms with Gasteiger partial charge in [0.25, 0.3) is 5.56 Å². The number of aryl methyl sites for hydroxylation is 1. The number of benzene rings is 1. The van der Waals surface area contributed by atoms with Crippen molar-refractivity contribution in [1.29, 1.82) is 0 Å². The molecule has 3 N–H and O–H groups in total. The van der Waals surface area contributed by atoms with Gasteiger partial charge in [-0.2, -0.15) is 0 Å². The molecule has 0 bridgehead atoms. The molecule has 12 nitrogen and oxygen atoms in total. The number of hydrogen-bond donors (Lipinski definition) is 3. The predicted octanol–water partition coefficient (Wildman–Crippen LogP) is 3.26. The zero-order chi connectivity index (χ0) is 30.1. The van der Waals surface area contributed by atoms with Crippen molar-refractivity contribution in [2.75, 3.05) is 12.8 Å². The van der Waals surface area contributed by atoms with Crippen LogP contribution >= 0.6 is 7.60 Å². The largest absolute Gasteiger partial charge is 0.463 e. The normalized spacial score (nSPS) is 25.6. The van der Waals surface area contributed by atoms with Gasteiger partial charge in [0, 0.05) is 6.20 Å². The van der Waals surface area contributed by atoms with E-state index in [2.05, 4.69) is 9.97 Å². The van der Waals surface area contributed by atoms with Crippen LogP contribution in [0.15, 0.2) is 47.4 Å². The highest BCUT2D eigenvalue weighted by Crippen LogP contribution is 2.53. The van der Waals surface area contributed by atoms with Crippen LogP contribution in [0, 0.1) is 12.8 Å². The summed E-state index contributed by atoms with van der Waals surface area (Å²) < 4.78 is 52.5. The van der Waals surface area contributed by atoms with Crippen LogP contribution in [0.5, 0.6) is 5.75 Å². The maximum atomic E-state index is 14.4. The number of carbonyl (C=O) groups excluding carboxylic acids is 1. The summed E-state index contributed by atoms with van der Waals surface area (Å²) in [4.78, 5) is 31.7. The third-order valence-corrected chi connectivity index (χ3v) is 8.87. The number of ether oxygens (including phenoxy) is 2. The SMILES string of the molecule is Cc1nc2c(ccn2[C@@H]2O[C@H]([C@@H](C)O[P@](=O)(C[C@@H](C)C(=O)OC(C)C)Oc3ccccc3)[C@H](O)C2(O)CF)c(=O)[nH]1. The number of para-hydroxylation sites is 1. The molecular weight excluding hydrogens is 560 g/mol. The summed E-state index contributed by atoms with van der Waals surface area (Å²) in [5.74, 6) is -0.997. The fourth-order valence-electron chi connectivity index (χ4n) is 4.75. The molecule has 1 aliphatic heterocycles. The summed E-state index contributed by atoms with van der Waals surface area (Å²) in [6, 6.07) is 9.62. The van der Waals surface area contributed by atoms with Crippen LogP contribution in [0.25, 0.3) is 11.0 Å². The molecule has 3 aromatic rings. The van der Waals surface area contributed by atoms with Crippen molar-refractivity contribution in [3.63, 3.8) is 0 Å². The Kier molecular flexibility index (Phi) is 9.05. The summed E-state index contributed by atoms with van der Waals surface area (Å²) in [6.07, 6.45) is -5.35. The first-order valence-electron chi connectivity index (χ1n) is 13.2. The highest BCUT2D eigenvalue weighted by molar-refractivity contribution is 7.54. The summed E-state index contributed by atoms with van der Waals surface area (Å²) in [6.45, 7) is 6.46. The number of carbonyl (C=O) groups is 1. The molecule has 1 aliphatic rings. The lowest BCUT2D eigenvalue weighted by Gasteiger charge is -2.30. The zero-order valence-electron chi connectivity index (χ0n) is 23.4. The van der Waals surface area contributed by atoms with Crippen LogP contribution in [0.2, 0.25) is 0 Å². The maximum absolute atomic E-state index is 14.4. The second kappa shape index (κ2) is 12.0. The van der Waals surface area contributed by atoms with Crippen LogP contribution in [-0.2, 0) is 23.4 Å². The summed E-state index contributed by atoms with van der Waals surface area (Å²) in [5.41, 5.74) is -2.79. The molecule has 0 amide bonds.